The number of hydrogen-bond donors (Lipinski definition) is 1. The molecule has 4 heteroatoms. The zero-order valence-electron chi connectivity index (χ0n) is 12.7. The predicted octanol–water partition coefficient (Wildman–Crippen LogP) is 3.72. The number of hydrogen-bond acceptors (Lipinski definition) is 3. The van der Waals surface area contributed by atoms with Gasteiger partial charge in [-0.15, -0.1) is 0 Å². The molecule has 0 aromatic carbocycles. The van der Waals surface area contributed by atoms with Crippen LogP contribution < -0.4 is 10.2 Å². The van der Waals surface area contributed by atoms with E-state index in [1.54, 1.807) is 0 Å². The zero-order valence-corrected chi connectivity index (χ0v) is 13.5. The molecule has 0 amide bonds. The van der Waals surface area contributed by atoms with Crippen LogP contribution in [0.25, 0.3) is 0 Å². The fraction of sp³-hybridized carbons (Fsp3) is 0.667. The number of halogens is 1. The van der Waals surface area contributed by atoms with Crippen molar-refractivity contribution in [2.75, 3.05) is 18.0 Å². The summed E-state index contributed by atoms with van der Waals surface area (Å²) < 4.78 is 0. The molecule has 1 rings (SSSR count). The van der Waals surface area contributed by atoms with Crippen molar-refractivity contribution in [2.24, 2.45) is 5.92 Å². The molecule has 1 heterocycles. The van der Waals surface area contributed by atoms with E-state index in [1.165, 1.54) is 0 Å². The lowest BCUT2D eigenvalue weighted by atomic mass is 10.2. The molecule has 3 nitrogen and oxygen atoms in total. The third kappa shape index (κ3) is 5.00. The zero-order chi connectivity index (χ0) is 14.4. The van der Waals surface area contributed by atoms with Crippen molar-refractivity contribution in [3.63, 3.8) is 0 Å². The highest BCUT2D eigenvalue weighted by Crippen LogP contribution is 2.25. The first-order valence-electron chi connectivity index (χ1n) is 7.07. The molecule has 0 aliphatic carbocycles. The van der Waals surface area contributed by atoms with E-state index in [-0.39, 0.29) is 0 Å². The maximum Gasteiger partial charge on any atom is 0.147 e. The molecule has 1 N–H and O–H groups in total. The van der Waals surface area contributed by atoms with E-state index in [0.29, 0.717) is 12.0 Å². The fourth-order valence-corrected chi connectivity index (χ4v) is 2.34. The average molecular weight is 284 g/mol. The van der Waals surface area contributed by atoms with Crippen molar-refractivity contribution >= 4 is 17.4 Å². The summed E-state index contributed by atoms with van der Waals surface area (Å²) in [4.78, 5) is 6.72. The summed E-state index contributed by atoms with van der Waals surface area (Å²) in [5.74, 6) is 1.53. The van der Waals surface area contributed by atoms with Crippen molar-refractivity contribution in [3.8, 4) is 0 Å². The molecule has 0 bridgehead atoms. The Kier molecular flexibility index (Phi) is 6.59. The summed E-state index contributed by atoms with van der Waals surface area (Å²) in [6.45, 7) is 13.6. The first kappa shape index (κ1) is 16.3. The second kappa shape index (κ2) is 7.71. The van der Waals surface area contributed by atoms with Crippen molar-refractivity contribution < 1.29 is 0 Å². The number of aromatic nitrogens is 1. The lowest BCUT2D eigenvalue weighted by Gasteiger charge is -2.27. The van der Waals surface area contributed by atoms with Gasteiger partial charge in [0.25, 0.3) is 0 Å². The molecule has 0 unspecified atom stereocenters. The molecule has 0 radical (unpaired) electrons. The number of nitrogens with one attached hydrogen (secondary N) is 1. The van der Waals surface area contributed by atoms with E-state index in [1.807, 2.05) is 12.3 Å². The van der Waals surface area contributed by atoms with Gasteiger partial charge < -0.3 is 10.2 Å². The Balaban J connectivity index is 2.74. The van der Waals surface area contributed by atoms with E-state index in [9.17, 15) is 0 Å². The van der Waals surface area contributed by atoms with E-state index in [0.717, 1.165) is 36.0 Å². The highest BCUT2D eigenvalue weighted by Gasteiger charge is 2.13. The van der Waals surface area contributed by atoms with Crippen LogP contribution in [0.1, 0.15) is 40.2 Å². The average Bonchev–Trinajstić information content (AvgIpc) is 2.31. The number of rotatable bonds is 7. The van der Waals surface area contributed by atoms with E-state index >= 15 is 0 Å². The van der Waals surface area contributed by atoms with Crippen LogP contribution in [-0.2, 0) is 6.54 Å². The van der Waals surface area contributed by atoms with Gasteiger partial charge in [0.15, 0.2) is 0 Å². The Labute approximate surface area is 122 Å². The molecule has 0 saturated heterocycles. The number of nitrogens with zero attached hydrogens (tertiary/aromatic N) is 2. The van der Waals surface area contributed by atoms with Gasteiger partial charge in [0, 0.05) is 25.3 Å². The van der Waals surface area contributed by atoms with Gasteiger partial charge in [0.05, 0.1) is 5.02 Å². The van der Waals surface area contributed by atoms with Gasteiger partial charge >= 0.3 is 0 Å². The summed E-state index contributed by atoms with van der Waals surface area (Å²) in [6.07, 6.45) is 1.92. The van der Waals surface area contributed by atoms with Crippen LogP contribution in [-0.4, -0.2) is 24.1 Å². The molecule has 108 valence electrons. The minimum absolute atomic E-state index is 0.403. The normalized spacial score (nSPS) is 11.4. The van der Waals surface area contributed by atoms with Crippen LogP contribution in [0.2, 0.25) is 5.02 Å². The molecule has 1 aromatic heterocycles. The first-order chi connectivity index (χ1) is 8.95. The van der Waals surface area contributed by atoms with E-state index in [2.05, 4.69) is 49.8 Å². The minimum Gasteiger partial charge on any atom is -0.353 e. The SMILES string of the molecule is CCN(c1ncc(CNCC(C)C)cc1Cl)C(C)C. The quantitative estimate of drug-likeness (QED) is 0.827. The number of pyridine rings is 1. The molecule has 0 atom stereocenters. The topological polar surface area (TPSA) is 28.2 Å². The van der Waals surface area contributed by atoms with Crippen molar-refractivity contribution in [2.45, 2.75) is 47.2 Å². The highest BCUT2D eigenvalue weighted by atomic mass is 35.5. The second-order valence-corrected chi connectivity index (χ2v) is 5.96. The van der Waals surface area contributed by atoms with Crippen molar-refractivity contribution in [1.29, 1.82) is 0 Å². The summed E-state index contributed by atoms with van der Waals surface area (Å²) in [6, 6.07) is 2.42. The number of anilines is 1. The van der Waals surface area contributed by atoms with Gasteiger partial charge in [-0.3, -0.25) is 0 Å². The monoisotopic (exact) mass is 283 g/mol. The molecule has 0 fully saturated rings. The summed E-state index contributed by atoms with van der Waals surface area (Å²) in [5.41, 5.74) is 1.13. The Morgan fingerprint density at radius 2 is 2.00 bits per heavy atom. The molecule has 19 heavy (non-hydrogen) atoms. The third-order valence-corrected chi connectivity index (χ3v) is 3.27. The highest BCUT2D eigenvalue weighted by molar-refractivity contribution is 6.33. The molecule has 0 saturated carbocycles. The van der Waals surface area contributed by atoms with Crippen LogP contribution in [0.4, 0.5) is 5.82 Å². The lowest BCUT2D eigenvalue weighted by Crippen LogP contribution is -2.31. The van der Waals surface area contributed by atoms with Crippen molar-refractivity contribution in [1.82, 2.24) is 10.3 Å². The fourth-order valence-electron chi connectivity index (χ4n) is 2.04. The maximum absolute atomic E-state index is 6.36. The Hall–Kier alpha value is -0.800. The van der Waals surface area contributed by atoms with Gasteiger partial charge in [0.1, 0.15) is 5.82 Å². The molecule has 0 spiro atoms. The Morgan fingerprint density at radius 3 is 2.47 bits per heavy atom. The van der Waals surface area contributed by atoms with Gasteiger partial charge in [-0.05, 0) is 44.9 Å². The van der Waals surface area contributed by atoms with Crippen LogP contribution in [0.15, 0.2) is 12.3 Å². The van der Waals surface area contributed by atoms with Crippen molar-refractivity contribution in [3.05, 3.63) is 22.8 Å². The van der Waals surface area contributed by atoms with Crippen LogP contribution in [0, 0.1) is 5.92 Å². The summed E-state index contributed by atoms with van der Waals surface area (Å²) in [7, 11) is 0. The Bertz CT molecular complexity index is 391. The van der Waals surface area contributed by atoms with Crippen LogP contribution in [0.3, 0.4) is 0 Å². The molecule has 0 aliphatic rings. The van der Waals surface area contributed by atoms with E-state index in [4.69, 9.17) is 11.6 Å². The predicted molar refractivity (Wildman–Crippen MR) is 83.9 cm³/mol. The summed E-state index contributed by atoms with van der Waals surface area (Å²) >= 11 is 6.36. The van der Waals surface area contributed by atoms with Gasteiger partial charge in [0.2, 0.25) is 0 Å². The standard InChI is InChI=1S/C15H26ClN3/c1-6-19(12(4)5)15-14(16)7-13(10-18-15)9-17-8-11(2)3/h7,10-12,17H,6,8-9H2,1-5H3. The molecule has 0 aliphatic heterocycles. The second-order valence-electron chi connectivity index (χ2n) is 5.55. The van der Waals surface area contributed by atoms with Gasteiger partial charge in [-0.25, -0.2) is 4.98 Å². The maximum atomic E-state index is 6.36. The van der Waals surface area contributed by atoms with Gasteiger partial charge in [-0.2, -0.15) is 0 Å². The minimum atomic E-state index is 0.403. The van der Waals surface area contributed by atoms with Gasteiger partial charge in [-0.1, -0.05) is 25.4 Å². The summed E-state index contributed by atoms with van der Waals surface area (Å²) in [5, 5.41) is 4.14. The van der Waals surface area contributed by atoms with E-state index < -0.39 is 0 Å². The molecular formula is C15H26ClN3. The third-order valence-electron chi connectivity index (χ3n) is 3.00. The van der Waals surface area contributed by atoms with Crippen LogP contribution in [0.5, 0.6) is 0 Å². The lowest BCUT2D eigenvalue weighted by molar-refractivity contribution is 0.552. The Morgan fingerprint density at radius 1 is 1.32 bits per heavy atom. The molecule has 1 aromatic rings. The smallest absolute Gasteiger partial charge is 0.147 e. The molecular weight excluding hydrogens is 258 g/mol. The van der Waals surface area contributed by atoms with Crippen LogP contribution >= 0.6 is 11.6 Å². The first-order valence-corrected chi connectivity index (χ1v) is 7.45. The largest absolute Gasteiger partial charge is 0.353 e.